The molecule has 1 atom stereocenters. The summed E-state index contributed by atoms with van der Waals surface area (Å²) >= 11 is 0. The van der Waals surface area contributed by atoms with Gasteiger partial charge in [0, 0.05) is 31.0 Å². The van der Waals surface area contributed by atoms with Crippen molar-refractivity contribution in [1.82, 2.24) is 0 Å². The molecule has 3 N–H and O–H groups in total. The SMILES string of the molecule is CC(CN)S(=O)(=O)Nc1ccc(N2CCOCC2)cc1. The highest BCUT2D eigenvalue weighted by molar-refractivity contribution is 7.93. The number of nitrogens with one attached hydrogen (secondary N) is 1. The van der Waals surface area contributed by atoms with Gasteiger partial charge in [-0.3, -0.25) is 4.72 Å². The molecule has 6 nitrogen and oxygen atoms in total. The lowest BCUT2D eigenvalue weighted by Gasteiger charge is -2.29. The van der Waals surface area contributed by atoms with Crippen LogP contribution in [0.25, 0.3) is 0 Å². The number of anilines is 2. The third kappa shape index (κ3) is 3.62. The summed E-state index contributed by atoms with van der Waals surface area (Å²) in [7, 11) is -3.41. The summed E-state index contributed by atoms with van der Waals surface area (Å²) in [6, 6.07) is 7.36. The lowest BCUT2D eigenvalue weighted by Crippen LogP contribution is -2.36. The molecule has 0 spiro atoms. The van der Waals surface area contributed by atoms with Gasteiger partial charge in [0.25, 0.3) is 0 Å². The quantitative estimate of drug-likeness (QED) is 0.832. The molecule has 1 heterocycles. The molecule has 0 amide bonds. The van der Waals surface area contributed by atoms with Crippen molar-refractivity contribution in [3.8, 4) is 0 Å². The average Bonchev–Trinajstić information content (AvgIpc) is 2.47. The molecule has 1 aromatic carbocycles. The minimum atomic E-state index is -3.41. The Labute approximate surface area is 120 Å². The van der Waals surface area contributed by atoms with Crippen molar-refractivity contribution >= 4 is 21.4 Å². The fraction of sp³-hybridized carbons (Fsp3) is 0.538. The van der Waals surface area contributed by atoms with Gasteiger partial charge in [0.15, 0.2) is 0 Å². The molecule has 0 aliphatic carbocycles. The highest BCUT2D eigenvalue weighted by Gasteiger charge is 2.19. The van der Waals surface area contributed by atoms with Crippen molar-refractivity contribution < 1.29 is 13.2 Å². The Kier molecular flexibility index (Phi) is 4.85. The van der Waals surface area contributed by atoms with E-state index in [-0.39, 0.29) is 6.54 Å². The van der Waals surface area contributed by atoms with E-state index in [0.29, 0.717) is 5.69 Å². The molecular formula is C13H21N3O3S. The normalized spacial score (nSPS) is 17.8. The summed E-state index contributed by atoms with van der Waals surface area (Å²) in [4.78, 5) is 2.21. The lowest BCUT2D eigenvalue weighted by atomic mass is 10.2. The van der Waals surface area contributed by atoms with Crippen molar-refractivity contribution in [1.29, 1.82) is 0 Å². The number of rotatable bonds is 5. The van der Waals surface area contributed by atoms with Gasteiger partial charge in [-0.15, -0.1) is 0 Å². The summed E-state index contributed by atoms with van der Waals surface area (Å²) in [6.07, 6.45) is 0. The van der Waals surface area contributed by atoms with Crippen LogP contribution in [0.1, 0.15) is 6.92 Å². The fourth-order valence-electron chi connectivity index (χ4n) is 1.95. The number of nitrogens with zero attached hydrogens (tertiary/aromatic N) is 1. The number of nitrogens with two attached hydrogens (primary N) is 1. The molecule has 112 valence electrons. The summed E-state index contributed by atoms with van der Waals surface area (Å²) in [5.74, 6) is 0. The third-order valence-electron chi connectivity index (χ3n) is 3.37. The zero-order valence-corrected chi connectivity index (χ0v) is 12.4. The number of morpholine rings is 1. The van der Waals surface area contributed by atoms with E-state index in [1.54, 1.807) is 19.1 Å². The molecule has 0 aromatic heterocycles. The topological polar surface area (TPSA) is 84.7 Å². The molecular weight excluding hydrogens is 278 g/mol. The predicted molar refractivity (Wildman–Crippen MR) is 80.5 cm³/mol. The third-order valence-corrected chi connectivity index (χ3v) is 5.14. The minimum absolute atomic E-state index is 0.0984. The smallest absolute Gasteiger partial charge is 0.236 e. The summed E-state index contributed by atoms with van der Waals surface area (Å²) < 4.78 is 31.7. The van der Waals surface area contributed by atoms with Crippen LogP contribution in [0.2, 0.25) is 0 Å². The van der Waals surface area contributed by atoms with Crippen LogP contribution >= 0.6 is 0 Å². The van der Waals surface area contributed by atoms with Gasteiger partial charge in [0.1, 0.15) is 0 Å². The Bertz CT molecular complexity index is 524. The second kappa shape index (κ2) is 6.43. The minimum Gasteiger partial charge on any atom is -0.378 e. The Balaban J connectivity index is 2.04. The largest absolute Gasteiger partial charge is 0.378 e. The zero-order valence-electron chi connectivity index (χ0n) is 11.6. The summed E-state index contributed by atoms with van der Waals surface area (Å²) in [5, 5.41) is -0.610. The number of hydrogen-bond acceptors (Lipinski definition) is 5. The molecule has 1 aliphatic heterocycles. The van der Waals surface area contributed by atoms with Gasteiger partial charge in [-0.1, -0.05) is 0 Å². The first-order valence-corrected chi connectivity index (χ1v) is 8.22. The Morgan fingerprint density at radius 1 is 1.30 bits per heavy atom. The van der Waals surface area contributed by atoms with Crippen LogP contribution in [-0.2, 0) is 14.8 Å². The maximum absolute atomic E-state index is 11.9. The molecule has 1 saturated heterocycles. The van der Waals surface area contributed by atoms with Crippen LogP contribution in [0.5, 0.6) is 0 Å². The van der Waals surface area contributed by atoms with Gasteiger partial charge in [0.2, 0.25) is 10.0 Å². The first-order chi connectivity index (χ1) is 9.53. The molecule has 20 heavy (non-hydrogen) atoms. The first kappa shape index (κ1) is 15.1. The second-order valence-electron chi connectivity index (χ2n) is 4.84. The van der Waals surface area contributed by atoms with Gasteiger partial charge < -0.3 is 15.4 Å². The Hall–Kier alpha value is -1.31. The molecule has 1 aromatic rings. The van der Waals surface area contributed by atoms with E-state index >= 15 is 0 Å². The molecule has 0 bridgehead atoms. The van der Waals surface area contributed by atoms with Crippen LogP contribution in [0.3, 0.4) is 0 Å². The molecule has 1 unspecified atom stereocenters. The highest BCUT2D eigenvalue weighted by Crippen LogP contribution is 2.20. The number of hydrogen-bond donors (Lipinski definition) is 2. The predicted octanol–water partition coefficient (Wildman–Crippen LogP) is 0.612. The fourth-order valence-corrected chi connectivity index (χ4v) is 2.87. The monoisotopic (exact) mass is 299 g/mol. The van der Waals surface area contributed by atoms with Crippen LogP contribution in [-0.4, -0.2) is 46.5 Å². The van der Waals surface area contributed by atoms with Gasteiger partial charge in [-0.05, 0) is 31.2 Å². The van der Waals surface area contributed by atoms with Crippen LogP contribution in [0.15, 0.2) is 24.3 Å². The van der Waals surface area contributed by atoms with E-state index in [1.165, 1.54) is 0 Å². The zero-order chi connectivity index (χ0) is 14.6. The van der Waals surface area contributed by atoms with Crippen LogP contribution in [0.4, 0.5) is 11.4 Å². The van der Waals surface area contributed by atoms with Crippen molar-refractivity contribution in [3.05, 3.63) is 24.3 Å². The van der Waals surface area contributed by atoms with Crippen molar-refractivity contribution in [2.45, 2.75) is 12.2 Å². The van der Waals surface area contributed by atoms with E-state index in [4.69, 9.17) is 10.5 Å². The van der Waals surface area contributed by atoms with Gasteiger partial charge in [-0.25, -0.2) is 8.42 Å². The van der Waals surface area contributed by atoms with Gasteiger partial charge >= 0.3 is 0 Å². The van der Waals surface area contributed by atoms with Crippen molar-refractivity contribution in [3.63, 3.8) is 0 Å². The van der Waals surface area contributed by atoms with E-state index < -0.39 is 15.3 Å². The second-order valence-corrected chi connectivity index (χ2v) is 6.94. The standard InChI is InChI=1S/C13H21N3O3S/c1-11(10-14)20(17,18)15-12-2-4-13(5-3-12)16-6-8-19-9-7-16/h2-5,11,15H,6-10,14H2,1H3. The molecule has 1 fully saturated rings. The van der Waals surface area contributed by atoms with E-state index in [1.807, 2.05) is 12.1 Å². The molecule has 0 saturated carbocycles. The number of sulfonamides is 1. The molecule has 7 heteroatoms. The van der Waals surface area contributed by atoms with Crippen LogP contribution < -0.4 is 15.4 Å². The van der Waals surface area contributed by atoms with E-state index in [0.717, 1.165) is 32.0 Å². The van der Waals surface area contributed by atoms with Crippen molar-refractivity contribution in [2.75, 3.05) is 42.5 Å². The average molecular weight is 299 g/mol. The highest BCUT2D eigenvalue weighted by atomic mass is 32.2. The number of ether oxygens (including phenoxy) is 1. The van der Waals surface area contributed by atoms with E-state index in [9.17, 15) is 8.42 Å². The summed E-state index contributed by atoms with van der Waals surface area (Å²) in [6.45, 7) is 4.85. The maximum Gasteiger partial charge on any atom is 0.236 e. The molecule has 2 rings (SSSR count). The number of benzene rings is 1. The van der Waals surface area contributed by atoms with Gasteiger partial charge in [0.05, 0.1) is 18.5 Å². The van der Waals surface area contributed by atoms with E-state index in [2.05, 4.69) is 9.62 Å². The van der Waals surface area contributed by atoms with Crippen molar-refractivity contribution in [2.24, 2.45) is 5.73 Å². The Morgan fingerprint density at radius 2 is 1.90 bits per heavy atom. The van der Waals surface area contributed by atoms with Gasteiger partial charge in [-0.2, -0.15) is 0 Å². The maximum atomic E-state index is 11.9. The summed E-state index contributed by atoms with van der Waals surface area (Å²) in [5.41, 5.74) is 7.03. The molecule has 1 aliphatic rings. The lowest BCUT2D eigenvalue weighted by molar-refractivity contribution is 0.122. The Morgan fingerprint density at radius 3 is 2.45 bits per heavy atom. The molecule has 0 radical (unpaired) electrons. The van der Waals surface area contributed by atoms with Crippen LogP contribution in [0, 0.1) is 0 Å². The first-order valence-electron chi connectivity index (χ1n) is 6.67.